The molecule has 1 saturated heterocycles. The third kappa shape index (κ3) is 4.60. The number of rotatable bonds is 7. The van der Waals surface area contributed by atoms with Crippen LogP contribution in [-0.4, -0.2) is 36.2 Å². The molecule has 2 heterocycles. The number of aryl methyl sites for hydroxylation is 1. The second-order valence-electron chi connectivity index (χ2n) is 6.65. The van der Waals surface area contributed by atoms with Crippen LogP contribution in [-0.2, 0) is 4.79 Å². The summed E-state index contributed by atoms with van der Waals surface area (Å²) < 4.78 is 10.6. The van der Waals surface area contributed by atoms with Gasteiger partial charge < -0.3 is 19.9 Å². The topological polar surface area (TPSA) is 89.3 Å². The molecule has 1 atom stereocenters. The van der Waals surface area contributed by atoms with Gasteiger partial charge in [-0.2, -0.15) is 4.98 Å². The molecule has 7 heteroatoms. The zero-order valence-corrected chi connectivity index (χ0v) is 15.3. The van der Waals surface area contributed by atoms with Gasteiger partial charge in [0, 0.05) is 18.9 Å². The van der Waals surface area contributed by atoms with E-state index < -0.39 is 6.04 Å². The van der Waals surface area contributed by atoms with Crippen LogP contribution in [0.3, 0.4) is 0 Å². The largest absolute Gasteiger partial charge is 0.496 e. The van der Waals surface area contributed by atoms with Crippen molar-refractivity contribution in [1.82, 2.24) is 20.8 Å². The summed E-state index contributed by atoms with van der Waals surface area (Å²) in [6, 6.07) is 7.06. The van der Waals surface area contributed by atoms with E-state index in [0.717, 1.165) is 37.9 Å². The number of carbonyl (C=O) groups excluding carboxylic acids is 1. The molecule has 0 bridgehead atoms. The Balaban J connectivity index is 1.72. The summed E-state index contributed by atoms with van der Waals surface area (Å²) in [6.45, 7) is 3.81. The maximum Gasteiger partial charge on any atom is 0.223 e. The Hall–Kier alpha value is -2.41. The van der Waals surface area contributed by atoms with E-state index >= 15 is 0 Å². The molecule has 1 aliphatic rings. The number of para-hydroxylation sites is 1. The summed E-state index contributed by atoms with van der Waals surface area (Å²) in [7, 11) is 1.61. The lowest BCUT2D eigenvalue weighted by molar-refractivity contribution is -0.122. The van der Waals surface area contributed by atoms with Gasteiger partial charge in [0.2, 0.25) is 11.8 Å². The SMILES string of the molecule is COc1ccccc1C(NC(=O)CCC1CCNCC1)c1noc(C)n1. The highest BCUT2D eigenvalue weighted by molar-refractivity contribution is 5.77. The first kappa shape index (κ1) is 18.4. The quantitative estimate of drug-likeness (QED) is 0.790. The van der Waals surface area contributed by atoms with Crippen molar-refractivity contribution in [2.24, 2.45) is 5.92 Å². The number of nitrogens with zero attached hydrogens (tertiary/aromatic N) is 2. The van der Waals surface area contributed by atoms with Crippen LogP contribution in [0.1, 0.15) is 49.0 Å². The first-order chi connectivity index (χ1) is 12.7. The fourth-order valence-corrected chi connectivity index (χ4v) is 3.36. The highest BCUT2D eigenvalue weighted by Crippen LogP contribution is 2.29. The Kier molecular flexibility index (Phi) is 6.22. The Morgan fingerprint density at radius 2 is 2.15 bits per heavy atom. The molecule has 7 nitrogen and oxygen atoms in total. The monoisotopic (exact) mass is 358 g/mol. The summed E-state index contributed by atoms with van der Waals surface area (Å²) in [5.74, 6) is 2.17. The molecule has 140 valence electrons. The van der Waals surface area contributed by atoms with Crippen molar-refractivity contribution < 1.29 is 14.1 Å². The van der Waals surface area contributed by atoms with Crippen LogP contribution in [0.25, 0.3) is 0 Å². The molecule has 3 rings (SSSR count). The van der Waals surface area contributed by atoms with E-state index in [0.29, 0.717) is 29.8 Å². The first-order valence-corrected chi connectivity index (χ1v) is 9.10. The number of aromatic nitrogens is 2. The molecule has 0 spiro atoms. The van der Waals surface area contributed by atoms with Crippen LogP contribution in [0.15, 0.2) is 28.8 Å². The summed E-state index contributed by atoms with van der Waals surface area (Å²) in [5.41, 5.74) is 0.811. The number of piperidine rings is 1. The second-order valence-corrected chi connectivity index (χ2v) is 6.65. The van der Waals surface area contributed by atoms with Gasteiger partial charge in [-0.15, -0.1) is 0 Å². The minimum Gasteiger partial charge on any atom is -0.496 e. The van der Waals surface area contributed by atoms with E-state index in [9.17, 15) is 4.79 Å². The van der Waals surface area contributed by atoms with Crippen molar-refractivity contribution in [2.75, 3.05) is 20.2 Å². The first-order valence-electron chi connectivity index (χ1n) is 9.10. The van der Waals surface area contributed by atoms with Crippen LogP contribution in [0.4, 0.5) is 0 Å². The Morgan fingerprint density at radius 3 is 2.85 bits per heavy atom. The molecule has 1 amide bonds. The average Bonchev–Trinajstić information content (AvgIpc) is 3.11. The molecule has 2 N–H and O–H groups in total. The van der Waals surface area contributed by atoms with Crippen LogP contribution in [0.2, 0.25) is 0 Å². The molecule has 2 aromatic rings. The van der Waals surface area contributed by atoms with Crippen molar-refractivity contribution in [1.29, 1.82) is 0 Å². The predicted octanol–water partition coefficient (Wildman–Crippen LogP) is 2.37. The van der Waals surface area contributed by atoms with Crippen LogP contribution in [0.5, 0.6) is 5.75 Å². The Bertz CT molecular complexity index is 725. The highest BCUT2D eigenvalue weighted by Gasteiger charge is 2.25. The van der Waals surface area contributed by atoms with Gasteiger partial charge in [0.05, 0.1) is 7.11 Å². The number of amides is 1. The van der Waals surface area contributed by atoms with Gasteiger partial charge in [0.15, 0.2) is 5.82 Å². The van der Waals surface area contributed by atoms with Crippen molar-refractivity contribution in [3.05, 3.63) is 41.5 Å². The van der Waals surface area contributed by atoms with Gasteiger partial charge in [-0.3, -0.25) is 4.79 Å². The maximum absolute atomic E-state index is 12.6. The second kappa shape index (κ2) is 8.80. The number of methoxy groups -OCH3 is 1. The molecule has 0 aliphatic carbocycles. The zero-order chi connectivity index (χ0) is 18.4. The molecule has 1 aromatic carbocycles. The number of benzene rings is 1. The number of nitrogens with one attached hydrogen (secondary N) is 2. The van der Waals surface area contributed by atoms with Crippen molar-refractivity contribution >= 4 is 5.91 Å². The smallest absolute Gasteiger partial charge is 0.223 e. The van der Waals surface area contributed by atoms with Gasteiger partial charge >= 0.3 is 0 Å². The molecule has 1 aromatic heterocycles. The van der Waals surface area contributed by atoms with Crippen LogP contribution < -0.4 is 15.4 Å². The Morgan fingerprint density at radius 1 is 1.38 bits per heavy atom. The highest BCUT2D eigenvalue weighted by atomic mass is 16.5. The van der Waals surface area contributed by atoms with Gasteiger partial charge in [-0.1, -0.05) is 23.4 Å². The van der Waals surface area contributed by atoms with Gasteiger partial charge in [0.1, 0.15) is 11.8 Å². The number of carbonyl (C=O) groups is 1. The standard InChI is InChI=1S/C19H26N4O3/c1-13-21-19(23-26-13)18(15-5-3-4-6-16(15)25-2)22-17(24)8-7-14-9-11-20-12-10-14/h3-6,14,18,20H,7-12H2,1-2H3,(H,22,24). The lowest BCUT2D eigenvalue weighted by Gasteiger charge is -2.23. The molecule has 1 unspecified atom stereocenters. The molecular weight excluding hydrogens is 332 g/mol. The van der Waals surface area contributed by atoms with Gasteiger partial charge in [0.25, 0.3) is 0 Å². The predicted molar refractivity (Wildman–Crippen MR) is 96.8 cm³/mol. The lowest BCUT2D eigenvalue weighted by Crippen LogP contribution is -2.32. The van der Waals surface area contributed by atoms with Crippen LogP contribution >= 0.6 is 0 Å². The fourth-order valence-electron chi connectivity index (χ4n) is 3.36. The number of hydrogen-bond donors (Lipinski definition) is 2. The minimum absolute atomic E-state index is 0.0121. The summed E-state index contributed by atoms with van der Waals surface area (Å²) in [5, 5.41) is 10.4. The number of hydrogen-bond acceptors (Lipinski definition) is 6. The van der Waals surface area contributed by atoms with E-state index in [-0.39, 0.29) is 5.91 Å². The molecule has 0 radical (unpaired) electrons. The Labute approximate surface area is 153 Å². The van der Waals surface area contributed by atoms with E-state index in [1.54, 1.807) is 14.0 Å². The summed E-state index contributed by atoms with van der Waals surface area (Å²) in [6.07, 6.45) is 3.66. The lowest BCUT2D eigenvalue weighted by atomic mass is 9.93. The summed E-state index contributed by atoms with van der Waals surface area (Å²) >= 11 is 0. The molecule has 1 fully saturated rings. The molecule has 0 saturated carbocycles. The van der Waals surface area contributed by atoms with E-state index in [1.165, 1.54) is 0 Å². The molecule has 1 aliphatic heterocycles. The van der Waals surface area contributed by atoms with Crippen LogP contribution in [0, 0.1) is 12.8 Å². The fraction of sp³-hybridized carbons (Fsp3) is 0.526. The van der Waals surface area contributed by atoms with E-state index in [2.05, 4.69) is 20.8 Å². The van der Waals surface area contributed by atoms with Gasteiger partial charge in [-0.25, -0.2) is 0 Å². The van der Waals surface area contributed by atoms with Crippen molar-refractivity contribution in [3.63, 3.8) is 0 Å². The maximum atomic E-state index is 12.6. The average molecular weight is 358 g/mol. The zero-order valence-electron chi connectivity index (χ0n) is 15.3. The molecule has 26 heavy (non-hydrogen) atoms. The third-order valence-corrected chi connectivity index (χ3v) is 4.80. The van der Waals surface area contributed by atoms with Gasteiger partial charge in [-0.05, 0) is 44.3 Å². The minimum atomic E-state index is -0.496. The van der Waals surface area contributed by atoms with Crippen molar-refractivity contribution in [3.8, 4) is 5.75 Å². The molecular formula is C19H26N4O3. The van der Waals surface area contributed by atoms with Crippen molar-refractivity contribution in [2.45, 2.75) is 38.6 Å². The van der Waals surface area contributed by atoms with E-state index in [1.807, 2.05) is 24.3 Å². The normalized spacial score (nSPS) is 16.2. The van der Waals surface area contributed by atoms with E-state index in [4.69, 9.17) is 9.26 Å². The number of ether oxygens (including phenoxy) is 1. The third-order valence-electron chi connectivity index (χ3n) is 4.80. The summed E-state index contributed by atoms with van der Waals surface area (Å²) in [4.78, 5) is 16.9.